The van der Waals surface area contributed by atoms with Gasteiger partial charge in [-0.25, -0.2) is 0 Å². The summed E-state index contributed by atoms with van der Waals surface area (Å²) in [5, 5.41) is 2.77. The van der Waals surface area contributed by atoms with Crippen LogP contribution < -0.4 is 16.8 Å². The highest BCUT2D eigenvalue weighted by molar-refractivity contribution is 5.98. The lowest BCUT2D eigenvalue weighted by Gasteiger charge is -2.13. The first kappa shape index (κ1) is 17.7. The summed E-state index contributed by atoms with van der Waals surface area (Å²) in [5.41, 5.74) is 12.4. The van der Waals surface area contributed by atoms with Gasteiger partial charge in [-0.15, -0.1) is 0 Å². The Hall–Kier alpha value is -2.36. The molecule has 0 fully saturated rings. The molecule has 0 aliphatic heterocycles. The molecule has 0 unspecified atom stereocenters. The first-order chi connectivity index (χ1) is 10.5. The molecule has 0 aliphatic carbocycles. The van der Waals surface area contributed by atoms with Crippen LogP contribution in [0.5, 0.6) is 0 Å². The summed E-state index contributed by atoms with van der Waals surface area (Å²) in [6, 6.07) is 5.02. The Bertz CT molecular complexity index is 600. The van der Waals surface area contributed by atoms with Crippen LogP contribution in [-0.4, -0.2) is 43.9 Å². The maximum atomic E-state index is 12.1. The fraction of sp³-hybridized carbons (Fsp3) is 0.375. The van der Waals surface area contributed by atoms with E-state index in [0.717, 1.165) is 0 Å². The van der Waals surface area contributed by atoms with Gasteiger partial charge >= 0.3 is 0 Å². The van der Waals surface area contributed by atoms with Crippen LogP contribution in [-0.2, 0) is 4.79 Å². The van der Waals surface area contributed by atoms with Crippen LogP contribution in [0.4, 0.5) is 5.69 Å². The van der Waals surface area contributed by atoms with E-state index in [1.54, 1.807) is 32.3 Å². The summed E-state index contributed by atoms with van der Waals surface area (Å²) >= 11 is 0. The van der Waals surface area contributed by atoms with Crippen molar-refractivity contribution < 1.29 is 9.59 Å². The van der Waals surface area contributed by atoms with Gasteiger partial charge in [0.05, 0.1) is 12.1 Å². The lowest BCUT2D eigenvalue weighted by molar-refractivity contribution is -0.116. The van der Waals surface area contributed by atoms with Crippen molar-refractivity contribution in [3.05, 3.63) is 29.3 Å². The molecule has 0 heterocycles. The van der Waals surface area contributed by atoms with E-state index in [1.807, 2.05) is 0 Å². The zero-order valence-electron chi connectivity index (χ0n) is 13.0. The molecule has 5 N–H and O–H groups in total. The molecule has 0 saturated heterocycles. The highest BCUT2D eigenvalue weighted by atomic mass is 16.2. The lowest BCUT2D eigenvalue weighted by Crippen LogP contribution is -2.23. The maximum Gasteiger partial charge on any atom is 0.254 e. The van der Waals surface area contributed by atoms with E-state index in [1.165, 1.54) is 4.90 Å². The molecule has 0 radical (unpaired) electrons. The minimum absolute atomic E-state index is 0.116. The van der Waals surface area contributed by atoms with Crippen molar-refractivity contribution in [1.82, 2.24) is 4.90 Å². The van der Waals surface area contributed by atoms with E-state index in [2.05, 4.69) is 17.2 Å². The summed E-state index contributed by atoms with van der Waals surface area (Å²) in [7, 11) is 3.34. The van der Waals surface area contributed by atoms with Crippen molar-refractivity contribution in [3.63, 3.8) is 0 Å². The van der Waals surface area contributed by atoms with Gasteiger partial charge in [-0.2, -0.15) is 0 Å². The van der Waals surface area contributed by atoms with Crippen LogP contribution in [0.1, 0.15) is 28.8 Å². The average molecular weight is 302 g/mol. The van der Waals surface area contributed by atoms with Crippen molar-refractivity contribution in [2.45, 2.75) is 12.8 Å². The van der Waals surface area contributed by atoms with Gasteiger partial charge < -0.3 is 21.7 Å². The number of nitrogens with two attached hydrogens (primary N) is 2. The molecule has 1 rings (SSSR count). The van der Waals surface area contributed by atoms with Gasteiger partial charge in [-0.3, -0.25) is 9.59 Å². The second-order valence-electron chi connectivity index (χ2n) is 4.91. The van der Waals surface area contributed by atoms with E-state index in [4.69, 9.17) is 11.5 Å². The fourth-order valence-electron chi connectivity index (χ4n) is 1.79. The second-order valence-corrected chi connectivity index (χ2v) is 4.91. The Balaban J connectivity index is 3.04. The van der Waals surface area contributed by atoms with E-state index < -0.39 is 0 Å². The van der Waals surface area contributed by atoms with Gasteiger partial charge in [-0.1, -0.05) is 11.8 Å². The minimum atomic E-state index is -0.151. The number of nitrogens with zero attached hydrogens (tertiary/aromatic N) is 1. The van der Waals surface area contributed by atoms with Gasteiger partial charge in [0, 0.05) is 31.8 Å². The predicted molar refractivity (Wildman–Crippen MR) is 87.3 cm³/mol. The SMILES string of the molecule is CN(C)C(=O)c1ccc(NC(=O)CCCN)cc1C#CCN. The Morgan fingerprint density at radius 2 is 2.00 bits per heavy atom. The van der Waals surface area contributed by atoms with E-state index >= 15 is 0 Å². The average Bonchev–Trinajstić information content (AvgIpc) is 2.50. The van der Waals surface area contributed by atoms with Crippen molar-refractivity contribution in [1.29, 1.82) is 0 Å². The highest BCUT2D eigenvalue weighted by Crippen LogP contribution is 2.17. The molecule has 0 bridgehead atoms. The first-order valence-electron chi connectivity index (χ1n) is 7.04. The van der Waals surface area contributed by atoms with Gasteiger partial charge in [0.25, 0.3) is 5.91 Å². The predicted octanol–water partition coefficient (Wildman–Crippen LogP) is 0.376. The van der Waals surface area contributed by atoms with Gasteiger partial charge in [0.1, 0.15) is 0 Å². The monoisotopic (exact) mass is 302 g/mol. The van der Waals surface area contributed by atoms with Crippen LogP contribution >= 0.6 is 0 Å². The quantitative estimate of drug-likeness (QED) is 0.684. The highest BCUT2D eigenvalue weighted by Gasteiger charge is 2.13. The second kappa shape index (κ2) is 8.82. The number of carbonyl (C=O) groups excluding carboxylic acids is 2. The molecule has 22 heavy (non-hydrogen) atoms. The molecule has 0 aromatic heterocycles. The third kappa shape index (κ3) is 5.20. The van der Waals surface area contributed by atoms with Gasteiger partial charge in [0.2, 0.25) is 5.91 Å². The van der Waals surface area contributed by atoms with Crippen LogP contribution in [0.15, 0.2) is 18.2 Å². The fourth-order valence-corrected chi connectivity index (χ4v) is 1.79. The Morgan fingerprint density at radius 3 is 2.59 bits per heavy atom. The zero-order valence-corrected chi connectivity index (χ0v) is 13.0. The minimum Gasteiger partial charge on any atom is -0.345 e. The van der Waals surface area contributed by atoms with Crippen molar-refractivity contribution in [2.75, 3.05) is 32.5 Å². The molecular formula is C16H22N4O2. The third-order valence-electron chi connectivity index (χ3n) is 2.87. The zero-order chi connectivity index (χ0) is 16.5. The van der Waals surface area contributed by atoms with E-state index in [9.17, 15) is 9.59 Å². The number of benzene rings is 1. The molecule has 0 atom stereocenters. The number of anilines is 1. The number of amides is 2. The Morgan fingerprint density at radius 1 is 1.27 bits per heavy atom. The largest absolute Gasteiger partial charge is 0.345 e. The first-order valence-corrected chi connectivity index (χ1v) is 7.04. The molecule has 118 valence electrons. The number of hydrogen-bond acceptors (Lipinski definition) is 4. The molecule has 2 amide bonds. The van der Waals surface area contributed by atoms with Crippen molar-refractivity contribution in [2.24, 2.45) is 11.5 Å². The molecule has 0 spiro atoms. The Kier molecular flexibility index (Phi) is 7.09. The van der Waals surface area contributed by atoms with Crippen LogP contribution in [0.3, 0.4) is 0 Å². The number of hydrogen-bond donors (Lipinski definition) is 3. The maximum absolute atomic E-state index is 12.1. The van der Waals surface area contributed by atoms with E-state index in [-0.39, 0.29) is 18.4 Å². The molecular weight excluding hydrogens is 280 g/mol. The molecule has 1 aromatic rings. The van der Waals surface area contributed by atoms with Crippen molar-refractivity contribution in [3.8, 4) is 11.8 Å². The molecule has 0 aliphatic rings. The van der Waals surface area contributed by atoms with Crippen LogP contribution in [0.25, 0.3) is 0 Å². The van der Waals surface area contributed by atoms with Crippen LogP contribution in [0.2, 0.25) is 0 Å². The standard InChI is InChI=1S/C16H22N4O2/c1-20(2)16(22)14-8-7-13(11-12(14)5-3-9-17)19-15(21)6-4-10-18/h7-8,11H,4,6,9-10,17-18H2,1-2H3,(H,19,21). The summed E-state index contributed by atoms with van der Waals surface area (Å²) in [5.74, 6) is 5.34. The summed E-state index contributed by atoms with van der Waals surface area (Å²) in [4.78, 5) is 25.3. The molecule has 6 nitrogen and oxygen atoms in total. The lowest BCUT2D eigenvalue weighted by atomic mass is 10.1. The summed E-state index contributed by atoms with van der Waals surface area (Å²) < 4.78 is 0. The molecule has 0 saturated carbocycles. The Labute approximate surface area is 130 Å². The van der Waals surface area contributed by atoms with E-state index in [0.29, 0.717) is 36.2 Å². The molecule has 1 aromatic carbocycles. The topological polar surface area (TPSA) is 101 Å². The normalized spacial score (nSPS) is 9.64. The summed E-state index contributed by atoms with van der Waals surface area (Å²) in [6.45, 7) is 0.666. The smallest absolute Gasteiger partial charge is 0.254 e. The number of rotatable bonds is 5. The summed E-state index contributed by atoms with van der Waals surface area (Å²) in [6.07, 6.45) is 0.988. The van der Waals surface area contributed by atoms with Crippen molar-refractivity contribution >= 4 is 17.5 Å². The van der Waals surface area contributed by atoms with Crippen LogP contribution in [0, 0.1) is 11.8 Å². The van der Waals surface area contributed by atoms with Gasteiger partial charge in [0.15, 0.2) is 0 Å². The number of nitrogens with one attached hydrogen (secondary N) is 1. The third-order valence-corrected chi connectivity index (χ3v) is 2.87. The van der Waals surface area contributed by atoms with Gasteiger partial charge in [-0.05, 0) is 31.2 Å². The number of carbonyl (C=O) groups is 2. The molecule has 6 heteroatoms.